The summed E-state index contributed by atoms with van der Waals surface area (Å²) in [5.74, 6) is 0.521. The summed E-state index contributed by atoms with van der Waals surface area (Å²) in [6, 6.07) is 6.76. The number of hydrogen-bond acceptors (Lipinski definition) is 4. The van der Waals surface area contributed by atoms with Crippen LogP contribution in [0.1, 0.15) is 13.8 Å². The highest BCUT2D eigenvalue weighted by Crippen LogP contribution is 2.24. The largest absolute Gasteiger partial charge is 0.491 e. The van der Waals surface area contributed by atoms with Crippen molar-refractivity contribution in [3.05, 3.63) is 24.3 Å². The summed E-state index contributed by atoms with van der Waals surface area (Å²) in [5, 5.41) is 3.12. The molecule has 0 heterocycles. The van der Waals surface area contributed by atoms with E-state index in [-0.39, 0.29) is 10.6 Å². The number of likely N-dealkylation sites (N-methyl/N-ethyl adjacent to an activating group) is 1. The molecule has 1 aromatic rings. The van der Waals surface area contributed by atoms with Gasteiger partial charge in [-0.15, -0.1) is 0 Å². The van der Waals surface area contributed by atoms with Gasteiger partial charge in [-0.3, -0.25) is 0 Å². The highest BCUT2D eigenvalue weighted by molar-refractivity contribution is 7.91. The number of nitrogens with one attached hydrogen (secondary N) is 1. The van der Waals surface area contributed by atoms with Gasteiger partial charge in [-0.05, 0) is 18.7 Å². The van der Waals surface area contributed by atoms with E-state index in [4.69, 9.17) is 4.74 Å². The van der Waals surface area contributed by atoms with E-state index in [9.17, 15) is 8.42 Å². The van der Waals surface area contributed by atoms with Crippen LogP contribution in [-0.4, -0.2) is 33.9 Å². The lowest BCUT2D eigenvalue weighted by molar-refractivity contribution is 0.307. The van der Waals surface area contributed by atoms with Crippen molar-refractivity contribution in [1.29, 1.82) is 0 Å². The molecule has 5 heteroatoms. The maximum Gasteiger partial charge on any atom is 0.181 e. The van der Waals surface area contributed by atoms with E-state index in [1.54, 1.807) is 31.2 Å². The predicted molar refractivity (Wildman–Crippen MR) is 68.2 cm³/mol. The van der Waals surface area contributed by atoms with Crippen molar-refractivity contribution in [2.24, 2.45) is 0 Å². The zero-order valence-electron chi connectivity index (χ0n) is 10.3. The minimum Gasteiger partial charge on any atom is -0.491 e. The van der Waals surface area contributed by atoms with E-state index in [1.165, 1.54) is 0 Å². The van der Waals surface area contributed by atoms with Gasteiger partial charge in [0.2, 0.25) is 0 Å². The lowest BCUT2D eigenvalue weighted by Crippen LogP contribution is -2.20. The number of ether oxygens (including phenoxy) is 1. The van der Waals surface area contributed by atoms with Gasteiger partial charge < -0.3 is 10.1 Å². The Balaban J connectivity index is 2.79. The van der Waals surface area contributed by atoms with Crippen LogP contribution in [0.2, 0.25) is 0 Å². The van der Waals surface area contributed by atoms with Gasteiger partial charge in [-0.25, -0.2) is 8.42 Å². The molecule has 0 atom stereocenters. The fourth-order valence-electron chi connectivity index (χ4n) is 1.39. The molecular formula is C12H19NO3S. The average molecular weight is 257 g/mol. The summed E-state index contributed by atoms with van der Waals surface area (Å²) in [6.45, 7) is 5.68. The van der Waals surface area contributed by atoms with E-state index in [0.29, 0.717) is 18.9 Å². The number of rotatable bonds is 7. The molecule has 0 radical (unpaired) electrons. The molecule has 96 valence electrons. The third-order valence-corrected chi connectivity index (χ3v) is 4.12. The molecular weight excluding hydrogens is 238 g/mol. The minimum absolute atomic E-state index is 0.0839. The van der Waals surface area contributed by atoms with Crippen LogP contribution >= 0.6 is 0 Å². The maximum absolute atomic E-state index is 11.8. The van der Waals surface area contributed by atoms with Crippen molar-refractivity contribution in [2.45, 2.75) is 18.7 Å². The third-order valence-electron chi connectivity index (χ3n) is 2.35. The van der Waals surface area contributed by atoms with E-state index in [0.717, 1.165) is 6.54 Å². The summed E-state index contributed by atoms with van der Waals surface area (Å²) in [6.07, 6.45) is 0. The Kier molecular flexibility index (Phi) is 5.44. The van der Waals surface area contributed by atoms with E-state index in [1.807, 2.05) is 6.92 Å². The quantitative estimate of drug-likeness (QED) is 0.752. The molecule has 0 aliphatic carbocycles. The van der Waals surface area contributed by atoms with Crippen molar-refractivity contribution in [3.63, 3.8) is 0 Å². The summed E-state index contributed by atoms with van der Waals surface area (Å²) < 4.78 is 29.1. The second-order valence-electron chi connectivity index (χ2n) is 3.55. The predicted octanol–water partition coefficient (Wildman–Crippen LogP) is 1.47. The second kappa shape index (κ2) is 6.61. The number of para-hydroxylation sites is 1. The molecule has 0 saturated carbocycles. The minimum atomic E-state index is -3.22. The molecule has 0 aliphatic heterocycles. The molecule has 0 saturated heterocycles. The Morgan fingerprint density at radius 1 is 1.24 bits per heavy atom. The molecule has 0 aliphatic rings. The van der Waals surface area contributed by atoms with Gasteiger partial charge in [-0.2, -0.15) is 0 Å². The molecule has 0 amide bonds. The molecule has 4 nitrogen and oxygen atoms in total. The molecule has 0 unspecified atom stereocenters. The third kappa shape index (κ3) is 4.02. The standard InChI is InChI=1S/C12H19NO3S/c1-3-13-9-10-16-11-7-5-6-8-12(11)17(14,15)4-2/h5-8,13H,3-4,9-10H2,1-2H3. The van der Waals surface area contributed by atoms with Crippen molar-refractivity contribution in [3.8, 4) is 5.75 Å². The monoisotopic (exact) mass is 257 g/mol. The van der Waals surface area contributed by atoms with Gasteiger partial charge in [0, 0.05) is 6.54 Å². The first-order valence-corrected chi connectivity index (χ1v) is 7.42. The topological polar surface area (TPSA) is 55.4 Å². The van der Waals surface area contributed by atoms with E-state index < -0.39 is 9.84 Å². The van der Waals surface area contributed by atoms with Crippen LogP contribution in [0.15, 0.2) is 29.2 Å². The van der Waals surface area contributed by atoms with Gasteiger partial charge in [-0.1, -0.05) is 26.0 Å². The van der Waals surface area contributed by atoms with E-state index in [2.05, 4.69) is 5.32 Å². The first-order valence-electron chi connectivity index (χ1n) is 5.77. The zero-order valence-corrected chi connectivity index (χ0v) is 11.1. The first kappa shape index (κ1) is 14.0. The summed E-state index contributed by atoms with van der Waals surface area (Å²) in [7, 11) is -3.22. The van der Waals surface area contributed by atoms with Gasteiger partial charge in [0.25, 0.3) is 0 Å². The Hall–Kier alpha value is -1.07. The molecule has 0 spiro atoms. The molecule has 1 aromatic carbocycles. The van der Waals surface area contributed by atoms with Crippen molar-refractivity contribution < 1.29 is 13.2 Å². The summed E-state index contributed by atoms with van der Waals surface area (Å²) in [5.41, 5.74) is 0. The molecule has 0 bridgehead atoms. The van der Waals surface area contributed by atoms with Crippen LogP contribution in [0.5, 0.6) is 5.75 Å². The maximum atomic E-state index is 11.8. The number of sulfone groups is 1. The highest BCUT2D eigenvalue weighted by Gasteiger charge is 2.16. The Bertz CT molecular complexity index is 443. The molecule has 1 rings (SSSR count). The van der Waals surface area contributed by atoms with Gasteiger partial charge in [0.1, 0.15) is 17.3 Å². The summed E-state index contributed by atoms with van der Waals surface area (Å²) in [4.78, 5) is 0.277. The van der Waals surface area contributed by atoms with Crippen molar-refractivity contribution in [2.75, 3.05) is 25.4 Å². The fraction of sp³-hybridized carbons (Fsp3) is 0.500. The number of hydrogen-bond donors (Lipinski definition) is 1. The second-order valence-corrected chi connectivity index (χ2v) is 5.80. The van der Waals surface area contributed by atoms with Gasteiger partial charge in [0.15, 0.2) is 9.84 Å². The normalized spacial score (nSPS) is 11.4. The van der Waals surface area contributed by atoms with Crippen molar-refractivity contribution in [1.82, 2.24) is 5.32 Å². The lowest BCUT2D eigenvalue weighted by atomic mass is 10.3. The molecule has 0 fully saturated rings. The van der Waals surface area contributed by atoms with Crippen LogP contribution in [-0.2, 0) is 9.84 Å². The van der Waals surface area contributed by atoms with E-state index >= 15 is 0 Å². The zero-order chi connectivity index (χ0) is 12.7. The smallest absolute Gasteiger partial charge is 0.181 e. The average Bonchev–Trinajstić information content (AvgIpc) is 2.35. The first-order chi connectivity index (χ1) is 8.11. The van der Waals surface area contributed by atoms with Crippen molar-refractivity contribution >= 4 is 9.84 Å². The molecule has 17 heavy (non-hydrogen) atoms. The van der Waals surface area contributed by atoms with Crippen LogP contribution in [0.25, 0.3) is 0 Å². The van der Waals surface area contributed by atoms with Crippen LogP contribution in [0.4, 0.5) is 0 Å². The Morgan fingerprint density at radius 2 is 1.94 bits per heavy atom. The summed E-state index contributed by atoms with van der Waals surface area (Å²) >= 11 is 0. The number of benzene rings is 1. The highest BCUT2D eigenvalue weighted by atomic mass is 32.2. The Morgan fingerprint density at radius 3 is 2.59 bits per heavy atom. The van der Waals surface area contributed by atoms with Crippen LogP contribution in [0.3, 0.4) is 0 Å². The van der Waals surface area contributed by atoms with Crippen LogP contribution < -0.4 is 10.1 Å². The van der Waals surface area contributed by atoms with Crippen LogP contribution in [0, 0.1) is 0 Å². The van der Waals surface area contributed by atoms with Gasteiger partial charge in [0.05, 0.1) is 5.75 Å². The fourth-order valence-corrected chi connectivity index (χ4v) is 2.42. The van der Waals surface area contributed by atoms with Gasteiger partial charge >= 0.3 is 0 Å². The lowest BCUT2D eigenvalue weighted by Gasteiger charge is -2.11. The Labute approximate surface area is 103 Å². The molecule has 1 N–H and O–H groups in total. The SMILES string of the molecule is CCNCCOc1ccccc1S(=O)(=O)CC. The molecule has 0 aromatic heterocycles.